The van der Waals surface area contributed by atoms with Gasteiger partial charge in [0.25, 0.3) is 0 Å². The average Bonchev–Trinajstić information content (AvgIpc) is 2.89. The van der Waals surface area contributed by atoms with Crippen molar-refractivity contribution in [3.8, 4) is 5.88 Å². The molecule has 2 aromatic heterocycles. The minimum atomic E-state index is -0.362. The second-order valence-corrected chi connectivity index (χ2v) is 4.30. The number of anilines is 1. The third-order valence-corrected chi connectivity index (χ3v) is 2.36. The van der Waals surface area contributed by atoms with Gasteiger partial charge in [0.05, 0.1) is 31.4 Å². The summed E-state index contributed by atoms with van der Waals surface area (Å²) in [4.78, 5) is 8.31. The highest BCUT2D eigenvalue weighted by molar-refractivity contribution is 5.36. The van der Waals surface area contributed by atoms with Crippen molar-refractivity contribution in [1.82, 2.24) is 9.97 Å². The van der Waals surface area contributed by atoms with Crippen molar-refractivity contribution in [2.45, 2.75) is 26.0 Å². The van der Waals surface area contributed by atoms with Gasteiger partial charge in [0.2, 0.25) is 5.88 Å². The molecule has 0 aliphatic carbocycles. The van der Waals surface area contributed by atoms with E-state index in [1.807, 2.05) is 13.8 Å². The highest BCUT2D eigenvalue weighted by atomic mass is 16.5. The molecule has 0 saturated heterocycles. The molecule has 102 valence electrons. The molecule has 6 heteroatoms. The highest BCUT2D eigenvalue weighted by Gasteiger charge is 2.14. The smallest absolute Gasteiger partial charge is 0.234 e. The number of aliphatic hydroxyl groups is 1. The summed E-state index contributed by atoms with van der Waals surface area (Å²) in [5, 5.41) is 12.4. The largest absolute Gasteiger partial charge is 0.474 e. The predicted molar refractivity (Wildman–Crippen MR) is 70.0 cm³/mol. The molecule has 19 heavy (non-hydrogen) atoms. The number of nitrogens with one attached hydrogen (secondary N) is 1. The van der Waals surface area contributed by atoms with Crippen molar-refractivity contribution >= 4 is 5.82 Å². The second-order valence-electron chi connectivity index (χ2n) is 4.30. The number of hydrogen-bond donors (Lipinski definition) is 2. The fourth-order valence-corrected chi connectivity index (χ4v) is 1.59. The van der Waals surface area contributed by atoms with Crippen LogP contribution in [0.4, 0.5) is 5.82 Å². The minimum Gasteiger partial charge on any atom is -0.474 e. The van der Waals surface area contributed by atoms with E-state index in [0.717, 1.165) is 0 Å². The first-order valence-corrected chi connectivity index (χ1v) is 6.08. The number of ether oxygens (including phenoxy) is 1. The van der Waals surface area contributed by atoms with Crippen LogP contribution >= 0.6 is 0 Å². The molecule has 0 radical (unpaired) electrons. The Bertz CT molecular complexity index is 500. The maximum absolute atomic E-state index is 9.37. The van der Waals surface area contributed by atoms with E-state index in [-0.39, 0.29) is 18.8 Å². The third-order valence-electron chi connectivity index (χ3n) is 2.36. The number of rotatable bonds is 6. The maximum Gasteiger partial charge on any atom is 0.234 e. The average molecular weight is 263 g/mol. The molecule has 0 aliphatic heterocycles. The van der Waals surface area contributed by atoms with Gasteiger partial charge in [-0.15, -0.1) is 0 Å². The quantitative estimate of drug-likeness (QED) is 0.829. The van der Waals surface area contributed by atoms with Gasteiger partial charge in [-0.3, -0.25) is 4.98 Å². The first-order chi connectivity index (χ1) is 9.19. The maximum atomic E-state index is 9.37. The van der Waals surface area contributed by atoms with Crippen LogP contribution in [0.15, 0.2) is 35.2 Å². The number of aliphatic hydroxyl groups excluding tert-OH is 1. The van der Waals surface area contributed by atoms with Crippen LogP contribution < -0.4 is 10.1 Å². The van der Waals surface area contributed by atoms with Crippen LogP contribution in [-0.4, -0.2) is 27.8 Å². The lowest BCUT2D eigenvalue weighted by Crippen LogP contribution is -2.16. The van der Waals surface area contributed by atoms with Gasteiger partial charge in [-0.2, -0.15) is 4.98 Å². The van der Waals surface area contributed by atoms with Crippen molar-refractivity contribution in [1.29, 1.82) is 0 Å². The lowest BCUT2D eigenvalue weighted by atomic mass is 10.2. The Balaban J connectivity index is 2.09. The molecule has 0 saturated carbocycles. The Morgan fingerprint density at radius 3 is 2.89 bits per heavy atom. The molecular formula is C13H17N3O3. The Kier molecular flexibility index (Phi) is 4.35. The molecule has 1 unspecified atom stereocenters. The number of furan rings is 1. The Morgan fingerprint density at radius 2 is 2.26 bits per heavy atom. The lowest BCUT2D eigenvalue weighted by molar-refractivity contribution is 0.231. The Hall–Kier alpha value is -2.08. The molecule has 0 amide bonds. The SMILES string of the molecule is CC(C)Oc1cncc(NC(CO)c2ccco2)n1. The first kappa shape index (κ1) is 13.4. The molecule has 2 N–H and O–H groups in total. The van der Waals surface area contributed by atoms with Gasteiger partial charge in [0, 0.05) is 0 Å². The summed E-state index contributed by atoms with van der Waals surface area (Å²) in [6.45, 7) is 3.73. The standard InChI is InChI=1S/C13H17N3O3/c1-9(2)19-13-7-14-6-12(16-13)15-10(8-17)11-4-3-5-18-11/h3-7,9-10,17H,8H2,1-2H3,(H,15,16). The van der Waals surface area contributed by atoms with E-state index in [4.69, 9.17) is 9.15 Å². The zero-order chi connectivity index (χ0) is 13.7. The molecule has 1 atom stereocenters. The van der Waals surface area contributed by atoms with Crippen LogP contribution in [0.5, 0.6) is 5.88 Å². The van der Waals surface area contributed by atoms with E-state index in [9.17, 15) is 5.11 Å². The van der Waals surface area contributed by atoms with Crippen LogP contribution in [0, 0.1) is 0 Å². The molecule has 2 rings (SSSR count). The molecule has 0 bridgehead atoms. The van der Waals surface area contributed by atoms with Gasteiger partial charge in [-0.05, 0) is 26.0 Å². The zero-order valence-corrected chi connectivity index (χ0v) is 10.9. The predicted octanol–water partition coefficient (Wildman–Crippen LogP) is 2.00. The summed E-state index contributed by atoms with van der Waals surface area (Å²) in [5.74, 6) is 1.60. The summed E-state index contributed by atoms with van der Waals surface area (Å²) >= 11 is 0. The van der Waals surface area contributed by atoms with Gasteiger partial charge in [0.15, 0.2) is 0 Å². The van der Waals surface area contributed by atoms with Crippen LogP contribution in [0.3, 0.4) is 0 Å². The number of hydrogen-bond acceptors (Lipinski definition) is 6. The van der Waals surface area contributed by atoms with Gasteiger partial charge < -0.3 is 19.6 Å². The van der Waals surface area contributed by atoms with E-state index >= 15 is 0 Å². The lowest BCUT2D eigenvalue weighted by Gasteiger charge is -2.15. The summed E-state index contributed by atoms with van der Waals surface area (Å²) in [6, 6.07) is 3.19. The summed E-state index contributed by atoms with van der Waals surface area (Å²) in [5.41, 5.74) is 0. The normalized spacial score (nSPS) is 12.4. The van der Waals surface area contributed by atoms with Crippen molar-refractivity contribution in [2.24, 2.45) is 0 Å². The molecule has 0 aromatic carbocycles. The minimum absolute atomic E-state index is 0.0308. The summed E-state index contributed by atoms with van der Waals surface area (Å²) in [7, 11) is 0. The van der Waals surface area contributed by atoms with E-state index in [1.54, 1.807) is 30.8 Å². The van der Waals surface area contributed by atoms with Crippen LogP contribution in [0.25, 0.3) is 0 Å². The second kappa shape index (κ2) is 6.19. The molecule has 0 aliphatic rings. The number of aromatic nitrogens is 2. The van der Waals surface area contributed by atoms with Gasteiger partial charge >= 0.3 is 0 Å². The van der Waals surface area contributed by atoms with Gasteiger partial charge in [-0.25, -0.2) is 0 Å². The van der Waals surface area contributed by atoms with Gasteiger partial charge in [0.1, 0.15) is 17.6 Å². The van der Waals surface area contributed by atoms with Crippen LogP contribution in [0.1, 0.15) is 25.6 Å². The van der Waals surface area contributed by atoms with Crippen molar-refractivity contribution < 1.29 is 14.3 Å². The summed E-state index contributed by atoms with van der Waals surface area (Å²) in [6.07, 6.45) is 4.71. The van der Waals surface area contributed by atoms with E-state index < -0.39 is 0 Å². The molecule has 2 aromatic rings. The van der Waals surface area contributed by atoms with E-state index in [1.165, 1.54) is 0 Å². The van der Waals surface area contributed by atoms with Crippen LogP contribution in [0.2, 0.25) is 0 Å². The molecule has 2 heterocycles. The Labute approximate surface area is 111 Å². The van der Waals surface area contributed by atoms with Crippen LogP contribution in [-0.2, 0) is 0 Å². The van der Waals surface area contributed by atoms with E-state index in [0.29, 0.717) is 17.5 Å². The topological polar surface area (TPSA) is 80.4 Å². The van der Waals surface area contributed by atoms with E-state index in [2.05, 4.69) is 15.3 Å². The zero-order valence-electron chi connectivity index (χ0n) is 10.9. The fourth-order valence-electron chi connectivity index (χ4n) is 1.59. The van der Waals surface area contributed by atoms with Gasteiger partial charge in [-0.1, -0.05) is 0 Å². The Morgan fingerprint density at radius 1 is 1.42 bits per heavy atom. The number of nitrogens with zero attached hydrogens (tertiary/aromatic N) is 2. The first-order valence-electron chi connectivity index (χ1n) is 6.08. The van der Waals surface area contributed by atoms with Crippen molar-refractivity contribution in [3.05, 3.63) is 36.5 Å². The monoisotopic (exact) mass is 263 g/mol. The molecule has 0 fully saturated rings. The third kappa shape index (κ3) is 3.69. The highest BCUT2D eigenvalue weighted by Crippen LogP contribution is 2.19. The molecule has 6 nitrogen and oxygen atoms in total. The summed E-state index contributed by atoms with van der Waals surface area (Å²) < 4.78 is 10.7. The van der Waals surface area contributed by atoms with Crippen molar-refractivity contribution in [2.75, 3.05) is 11.9 Å². The molecule has 0 spiro atoms. The molecular weight excluding hydrogens is 246 g/mol. The van der Waals surface area contributed by atoms with Crippen molar-refractivity contribution in [3.63, 3.8) is 0 Å². The fraction of sp³-hybridized carbons (Fsp3) is 0.385.